The largest absolute Gasteiger partial charge is 0.491 e. The summed E-state index contributed by atoms with van der Waals surface area (Å²) in [5.74, 6) is 0.174. The molecule has 1 aromatic carbocycles. The molecule has 0 atom stereocenters. The van der Waals surface area contributed by atoms with E-state index in [1.807, 2.05) is 19.2 Å². The SMILES string of the molecule is CC(C)Oc1ccc2c(C(=O)Nc3nc(C(C)(C)C)cs3)cc(=O)oc2c1. The van der Waals surface area contributed by atoms with Crippen molar-refractivity contribution in [3.8, 4) is 5.75 Å². The summed E-state index contributed by atoms with van der Waals surface area (Å²) in [6.07, 6.45) is -0.0115. The van der Waals surface area contributed by atoms with Crippen molar-refractivity contribution in [1.29, 1.82) is 0 Å². The number of rotatable bonds is 4. The van der Waals surface area contributed by atoms with Crippen LogP contribution in [0.3, 0.4) is 0 Å². The fourth-order valence-electron chi connectivity index (χ4n) is 2.52. The van der Waals surface area contributed by atoms with Crippen LogP contribution in [-0.4, -0.2) is 17.0 Å². The van der Waals surface area contributed by atoms with Gasteiger partial charge in [-0.25, -0.2) is 9.78 Å². The zero-order chi connectivity index (χ0) is 19.8. The Morgan fingerprint density at radius 3 is 2.63 bits per heavy atom. The highest BCUT2D eigenvalue weighted by molar-refractivity contribution is 7.14. The van der Waals surface area contributed by atoms with E-state index in [1.54, 1.807) is 18.2 Å². The zero-order valence-electron chi connectivity index (χ0n) is 16.0. The van der Waals surface area contributed by atoms with Crippen LogP contribution < -0.4 is 15.7 Å². The van der Waals surface area contributed by atoms with Crippen molar-refractivity contribution >= 4 is 33.3 Å². The van der Waals surface area contributed by atoms with Crippen molar-refractivity contribution < 1.29 is 13.9 Å². The van der Waals surface area contributed by atoms with Gasteiger partial charge in [0.2, 0.25) is 0 Å². The Morgan fingerprint density at radius 1 is 1.26 bits per heavy atom. The number of amides is 1. The summed E-state index contributed by atoms with van der Waals surface area (Å²) >= 11 is 1.35. The first-order valence-corrected chi connectivity index (χ1v) is 9.53. The topological polar surface area (TPSA) is 81.4 Å². The molecule has 0 aliphatic carbocycles. The number of ether oxygens (including phenoxy) is 1. The van der Waals surface area contributed by atoms with Crippen LogP contribution in [0.5, 0.6) is 5.75 Å². The molecule has 1 N–H and O–H groups in total. The molecule has 3 aromatic rings. The highest BCUT2D eigenvalue weighted by atomic mass is 32.1. The number of carbonyl (C=O) groups excluding carboxylic acids is 1. The van der Waals surface area contributed by atoms with Crippen molar-refractivity contribution in [2.75, 3.05) is 5.32 Å². The predicted octanol–water partition coefficient (Wildman–Crippen LogP) is 4.59. The average Bonchev–Trinajstić information content (AvgIpc) is 3.01. The molecule has 7 heteroatoms. The summed E-state index contributed by atoms with van der Waals surface area (Å²) in [7, 11) is 0. The summed E-state index contributed by atoms with van der Waals surface area (Å²) in [6, 6.07) is 6.28. The Kier molecular flexibility index (Phi) is 5.06. The Labute approximate surface area is 161 Å². The summed E-state index contributed by atoms with van der Waals surface area (Å²) < 4.78 is 10.9. The number of thiazole rings is 1. The molecule has 0 spiro atoms. The zero-order valence-corrected chi connectivity index (χ0v) is 16.8. The number of nitrogens with zero attached hydrogens (tertiary/aromatic N) is 1. The second-order valence-electron chi connectivity index (χ2n) is 7.55. The van der Waals surface area contributed by atoms with Crippen molar-refractivity contribution in [3.05, 3.63) is 51.3 Å². The van der Waals surface area contributed by atoms with Gasteiger partial charge in [0.15, 0.2) is 5.13 Å². The van der Waals surface area contributed by atoms with Crippen LogP contribution >= 0.6 is 11.3 Å². The van der Waals surface area contributed by atoms with Crippen LogP contribution in [-0.2, 0) is 5.41 Å². The molecular formula is C20H22N2O4S. The van der Waals surface area contributed by atoms with E-state index in [0.717, 1.165) is 5.69 Å². The molecule has 3 rings (SSSR count). The minimum Gasteiger partial charge on any atom is -0.491 e. The van der Waals surface area contributed by atoms with E-state index in [9.17, 15) is 9.59 Å². The first-order valence-electron chi connectivity index (χ1n) is 8.65. The summed E-state index contributed by atoms with van der Waals surface area (Å²) in [5, 5.41) is 5.72. The molecule has 0 saturated carbocycles. The van der Waals surface area contributed by atoms with Gasteiger partial charge >= 0.3 is 5.63 Å². The molecular weight excluding hydrogens is 364 g/mol. The molecule has 0 aliphatic rings. The highest BCUT2D eigenvalue weighted by Gasteiger charge is 2.20. The number of anilines is 1. The Balaban J connectivity index is 1.94. The minimum atomic E-state index is -0.594. The molecule has 27 heavy (non-hydrogen) atoms. The van der Waals surface area contributed by atoms with Gasteiger partial charge in [0.25, 0.3) is 5.91 Å². The number of carbonyl (C=O) groups is 1. The van der Waals surface area contributed by atoms with Crippen LogP contribution in [0.15, 0.2) is 38.9 Å². The highest BCUT2D eigenvalue weighted by Crippen LogP contribution is 2.28. The third-order valence-electron chi connectivity index (χ3n) is 3.83. The van der Waals surface area contributed by atoms with Gasteiger partial charge in [0, 0.05) is 28.3 Å². The van der Waals surface area contributed by atoms with Gasteiger partial charge in [-0.15, -0.1) is 11.3 Å². The molecule has 0 saturated heterocycles. The first-order chi connectivity index (χ1) is 12.6. The second kappa shape index (κ2) is 7.15. The lowest BCUT2D eigenvalue weighted by atomic mass is 9.93. The number of hydrogen-bond acceptors (Lipinski definition) is 6. The maximum absolute atomic E-state index is 12.7. The van der Waals surface area contributed by atoms with Gasteiger partial charge in [-0.05, 0) is 26.0 Å². The van der Waals surface area contributed by atoms with E-state index in [-0.39, 0.29) is 17.1 Å². The minimum absolute atomic E-state index is 0.0115. The summed E-state index contributed by atoms with van der Waals surface area (Å²) in [4.78, 5) is 29.1. The molecule has 0 radical (unpaired) electrons. The summed E-state index contributed by atoms with van der Waals surface area (Å²) in [5.41, 5.74) is 0.747. The maximum Gasteiger partial charge on any atom is 0.337 e. The molecule has 0 unspecified atom stereocenters. The number of aromatic nitrogens is 1. The van der Waals surface area contributed by atoms with Crippen molar-refractivity contribution in [2.24, 2.45) is 0 Å². The van der Waals surface area contributed by atoms with E-state index in [2.05, 4.69) is 31.1 Å². The Hall–Kier alpha value is -2.67. The van der Waals surface area contributed by atoms with Gasteiger partial charge in [-0.3, -0.25) is 10.1 Å². The fourth-order valence-corrected chi connectivity index (χ4v) is 3.45. The molecule has 0 fully saturated rings. The third-order valence-corrected chi connectivity index (χ3v) is 4.58. The van der Waals surface area contributed by atoms with Crippen LogP contribution in [0.4, 0.5) is 5.13 Å². The number of nitrogens with one attached hydrogen (secondary N) is 1. The molecule has 1 amide bonds. The lowest BCUT2D eigenvalue weighted by molar-refractivity contribution is 0.102. The molecule has 2 aromatic heterocycles. The molecule has 0 aliphatic heterocycles. The molecule has 2 heterocycles. The fraction of sp³-hybridized carbons (Fsp3) is 0.350. The third kappa shape index (κ3) is 4.36. The van der Waals surface area contributed by atoms with Crippen molar-refractivity contribution in [2.45, 2.75) is 46.1 Å². The van der Waals surface area contributed by atoms with Gasteiger partial charge in [0.05, 0.1) is 17.4 Å². The molecule has 142 valence electrons. The van der Waals surface area contributed by atoms with Crippen molar-refractivity contribution in [1.82, 2.24) is 4.98 Å². The molecule has 6 nitrogen and oxygen atoms in total. The first kappa shape index (κ1) is 19.1. The number of benzene rings is 1. The van der Waals surface area contributed by atoms with Crippen LogP contribution in [0.1, 0.15) is 50.7 Å². The van der Waals surface area contributed by atoms with Crippen molar-refractivity contribution in [3.63, 3.8) is 0 Å². The quantitative estimate of drug-likeness (QED) is 0.664. The lowest BCUT2D eigenvalue weighted by Gasteiger charge is -2.14. The second-order valence-corrected chi connectivity index (χ2v) is 8.40. The van der Waals surface area contributed by atoms with E-state index < -0.39 is 11.5 Å². The normalized spacial score (nSPS) is 11.8. The average molecular weight is 386 g/mol. The lowest BCUT2D eigenvalue weighted by Crippen LogP contribution is -2.16. The van der Waals surface area contributed by atoms with Crippen LogP contribution in [0.2, 0.25) is 0 Å². The molecule has 0 bridgehead atoms. The Morgan fingerprint density at radius 2 is 2.00 bits per heavy atom. The van der Waals surface area contributed by atoms with Crippen LogP contribution in [0, 0.1) is 0 Å². The predicted molar refractivity (Wildman–Crippen MR) is 107 cm³/mol. The van der Waals surface area contributed by atoms with Crippen LogP contribution in [0.25, 0.3) is 11.0 Å². The van der Waals surface area contributed by atoms with E-state index in [0.29, 0.717) is 21.9 Å². The monoisotopic (exact) mass is 386 g/mol. The maximum atomic E-state index is 12.7. The van der Waals surface area contributed by atoms with Gasteiger partial charge < -0.3 is 9.15 Å². The van der Waals surface area contributed by atoms with Gasteiger partial charge in [-0.2, -0.15) is 0 Å². The van der Waals surface area contributed by atoms with E-state index in [1.165, 1.54) is 17.4 Å². The smallest absolute Gasteiger partial charge is 0.337 e. The number of hydrogen-bond donors (Lipinski definition) is 1. The standard InChI is InChI=1S/C20H22N2O4S/c1-11(2)25-12-6-7-13-14(9-17(23)26-15(13)8-12)18(24)22-19-21-16(10-27-19)20(3,4)5/h6-11H,1-5H3,(H,21,22,24). The Bertz CT molecular complexity index is 1040. The summed E-state index contributed by atoms with van der Waals surface area (Å²) in [6.45, 7) is 9.98. The van der Waals surface area contributed by atoms with E-state index in [4.69, 9.17) is 9.15 Å². The number of fused-ring (bicyclic) bond motifs is 1. The van der Waals surface area contributed by atoms with E-state index >= 15 is 0 Å². The van der Waals surface area contributed by atoms with Gasteiger partial charge in [0.1, 0.15) is 11.3 Å². The van der Waals surface area contributed by atoms with Gasteiger partial charge in [-0.1, -0.05) is 20.8 Å².